The number of amides is 1. The number of benzene rings is 2. The second-order valence-electron chi connectivity index (χ2n) is 6.21. The fourth-order valence-corrected chi connectivity index (χ4v) is 2.54. The van der Waals surface area contributed by atoms with Crippen LogP contribution in [-0.2, 0) is 17.9 Å². The van der Waals surface area contributed by atoms with Crippen LogP contribution in [0.15, 0.2) is 54.6 Å². The molecule has 25 heavy (non-hydrogen) atoms. The van der Waals surface area contributed by atoms with E-state index in [0.29, 0.717) is 13.2 Å². The fraction of sp³-hybridized carbons (Fsp3) is 0.286. The SMILES string of the molecule is CCOc1ccc(/C=C/C(=O)NCc2ccccc2C[NH+](C)C)cc1. The van der Waals surface area contributed by atoms with Crippen molar-refractivity contribution in [1.82, 2.24) is 5.32 Å². The first kappa shape index (κ1) is 18.7. The summed E-state index contributed by atoms with van der Waals surface area (Å²) in [5.74, 6) is 0.740. The summed E-state index contributed by atoms with van der Waals surface area (Å²) in [7, 11) is 4.24. The number of carbonyl (C=O) groups excluding carboxylic acids is 1. The van der Waals surface area contributed by atoms with Gasteiger partial charge in [0.15, 0.2) is 0 Å². The number of carbonyl (C=O) groups is 1. The van der Waals surface area contributed by atoms with Crippen LogP contribution in [0.5, 0.6) is 5.75 Å². The maximum absolute atomic E-state index is 12.1. The van der Waals surface area contributed by atoms with Crippen LogP contribution in [0.25, 0.3) is 6.08 Å². The van der Waals surface area contributed by atoms with Crippen LogP contribution in [0, 0.1) is 0 Å². The first-order valence-electron chi connectivity index (χ1n) is 8.63. The van der Waals surface area contributed by atoms with Crippen molar-refractivity contribution < 1.29 is 14.4 Å². The van der Waals surface area contributed by atoms with Gasteiger partial charge in [0.05, 0.1) is 20.7 Å². The second-order valence-corrected chi connectivity index (χ2v) is 6.21. The molecule has 0 aliphatic heterocycles. The highest BCUT2D eigenvalue weighted by molar-refractivity contribution is 5.91. The highest BCUT2D eigenvalue weighted by atomic mass is 16.5. The Morgan fingerprint density at radius 3 is 2.40 bits per heavy atom. The lowest BCUT2D eigenvalue weighted by Crippen LogP contribution is -3.04. The molecule has 1 amide bonds. The summed E-state index contributed by atoms with van der Waals surface area (Å²) < 4.78 is 5.41. The van der Waals surface area contributed by atoms with Crippen LogP contribution in [-0.4, -0.2) is 26.6 Å². The summed E-state index contributed by atoms with van der Waals surface area (Å²) >= 11 is 0. The third kappa shape index (κ3) is 6.43. The van der Waals surface area contributed by atoms with Crippen LogP contribution < -0.4 is 15.0 Å². The lowest BCUT2D eigenvalue weighted by molar-refractivity contribution is -0.872. The molecule has 2 aromatic carbocycles. The van der Waals surface area contributed by atoms with E-state index >= 15 is 0 Å². The molecule has 0 saturated carbocycles. The molecule has 0 bridgehead atoms. The van der Waals surface area contributed by atoms with Crippen molar-refractivity contribution in [3.05, 3.63) is 71.3 Å². The lowest BCUT2D eigenvalue weighted by Gasteiger charge is -2.12. The molecule has 0 spiro atoms. The molecule has 0 saturated heterocycles. The van der Waals surface area contributed by atoms with Crippen molar-refractivity contribution in [2.75, 3.05) is 20.7 Å². The van der Waals surface area contributed by atoms with E-state index in [2.05, 4.69) is 31.5 Å². The van der Waals surface area contributed by atoms with E-state index < -0.39 is 0 Å². The van der Waals surface area contributed by atoms with Gasteiger partial charge in [-0.15, -0.1) is 0 Å². The molecule has 0 heterocycles. The number of quaternary nitrogens is 1. The minimum Gasteiger partial charge on any atom is -0.494 e. The zero-order valence-electron chi connectivity index (χ0n) is 15.2. The lowest BCUT2D eigenvalue weighted by atomic mass is 10.1. The summed E-state index contributed by atoms with van der Waals surface area (Å²) in [6.07, 6.45) is 3.37. The van der Waals surface area contributed by atoms with Crippen LogP contribution in [0.1, 0.15) is 23.6 Å². The van der Waals surface area contributed by atoms with Gasteiger partial charge in [0.1, 0.15) is 12.3 Å². The van der Waals surface area contributed by atoms with E-state index in [0.717, 1.165) is 23.4 Å². The number of ether oxygens (including phenoxy) is 1. The van der Waals surface area contributed by atoms with Gasteiger partial charge in [-0.3, -0.25) is 4.79 Å². The van der Waals surface area contributed by atoms with Crippen molar-refractivity contribution >= 4 is 12.0 Å². The zero-order valence-corrected chi connectivity index (χ0v) is 15.2. The summed E-state index contributed by atoms with van der Waals surface area (Å²) in [5.41, 5.74) is 3.39. The van der Waals surface area contributed by atoms with Gasteiger partial charge in [-0.2, -0.15) is 0 Å². The Balaban J connectivity index is 1.90. The average Bonchev–Trinajstić information content (AvgIpc) is 2.60. The molecule has 2 rings (SSSR count). The molecule has 2 aromatic rings. The van der Waals surface area contributed by atoms with Crippen LogP contribution in [0.4, 0.5) is 0 Å². The van der Waals surface area contributed by atoms with Gasteiger partial charge >= 0.3 is 0 Å². The summed E-state index contributed by atoms with van der Waals surface area (Å²) in [6, 6.07) is 15.9. The number of nitrogens with one attached hydrogen (secondary N) is 2. The molecule has 0 aromatic heterocycles. The third-order valence-corrected chi connectivity index (χ3v) is 3.73. The Morgan fingerprint density at radius 2 is 1.76 bits per heavy atom. The molecule has 4 nitrogen and oxygen atoms in total. The maximum Gasteiger partial charge on any atom is 0.244 e. The molecule has 0 unspecified atom stereocenters. The maximum atomic E-state index is 12.1. The Morgan fingerprint density at radius 1 is 1.08 bits per heavy atom. The van der Waals surface area contributed by atoms with E-state index in [1.807, 2.05) is 43.3 Å². The third-order valence-electron chi connectivity index (χ3n) is 3.73. The predicted octanol–water partition coefficient (Wildman–Crippen LogP) is 2.06. The number of rotatable bonds is 8. The first-order valence-corrected chi connectivity index (χ1v) is 8.63. The van der Waals surface area contributed by atoms with Gasteiger partial charge in [-0.1, -0.05) is 36.4 Å². The Labute approximate surface area is 150 Å². The van der Waals surface area contributed by atoms with E-state index in [1.54, 1.807) is 12.2 Å². The van der Waals surface area contributed by atoms with Gasteiger partial charge in [-0.25, -0.2) is 0 Å². The summed E-state index contributed by atoms with van der Waals surface area (Å²) in [4.78, 5) is 13.4. The largest absolute Gasteiger partial charge is 0.494 e. The topological polar surface area (TPSA) is 42.8 Å². The second kappa shape index (κ2) is 9.64. The quantitative estimate of drug-likeness (QED) is 0.723. The zero-order chi connectivity index (χ0) is 18.1. The molecular formula is C21H27N2O2+. The van der Waals surface area contributed by atoms with Crippen molar-refractivity contribution in [3.8, 4) is 5.75 Å². The minimum absolute atomic E-state index is 0.0964. The van der Waals surface area contributed by atoms with Crippen molar-refractivity contribution in [1.29, 1.82) is 0 Å². The van der Waals surface area contributed by atoms with E-state index in [1.165, 1.54) is 10.5 Å². The highest BCUT2D eigenvalue weighted by Gasteiger charge is 2.06. The highest BCUT2D eigenvalue weighted by Crippen LogP contribution is 2.13. The molecule has 0 radical (unpaired) electrons. The molecular weight excluding hydrogens is 312 g/mol. The van der Waals surface area contributed by atoms with Crippen molar-refractivity contribution in [2.24, 2.45) is 0 Å². The van der Waals surface area contributed by atoms with Gasteiger partial charge in [-0.05, 0) is 36.3 Å². The monoisotopic (exact) mass is 339 g/mol. The summed E-state index contributed by atoms with van der Waals surface area (Å²) in [6.45, 7) is 4.08. The van der Waals surface area contributed by atoms with Gasteiger partial charge in [0.25, 0.3) is 0 Å². The van der Waals surface area contributed by atoms with E-state index in [4.69, 9.17) is 4.74 Å². The van der Waals surface area contributed by atoms with Gasteiger partial charge < -0.3 is 15.0 Å². The molecule has 0 atom stereocenters. The van der Waals surface area contributed by atoms with E-state index in [9.17, 15) is 4.79 Å². The van der Waals surface area contributed by atoms with Crippen molar-refractivity contribution in [2.45, 2.75) is 20.0 Å². The normalized spacial score (nSPS) is 11.0. The Hall–Kier alpha value is -2.59. The molecule has 132 valence electrons. The first-order chi connectivity index (χ1) is 12.1. The standard InChI is InChI=1S/C21H26N2O2/c1-4-25-20-12-9-17(10-13-20)11-14-21(24)22-15-18-7-5-6-8-19(18)16-23(2)3/h5-14H,4,15-16H2,1-3H3,(H,22,24)/p+1/b14-11+. The minimum atomic E-state index is -0.0964. The smallest absolute Gasteiger partial charge is 0.244 e. The number of hydrogen-bond acceptors (Lipinski definition) is 2. The Bertz CT molecular complexity index is 706. The Kier molecular flexibility index (Phi) is 7.23. The van der Waals surface area contributed by atoms with Gasteiger partial charge in [0, 0.05) is 18.2 Å². The predicted molar refractivity (Wildman–Crippen MR) is 101 cm³/mol. The molecule has 2 N–H and O–H groups in total. The average molecular weight is 339 g/mol. The molecule has 4 heteroatoms. The molecule has 0 fully saturated rings. The molecule has 0 aliphatic carbocycles. The van der Waals surface area contributed by atoms with E-state index in [-0.39, 0.29) is 5.91 Å². The van der Waals surface area contributed by atoms with Gasteiger partial charge in [0.2, 0.25) is 5.91 Å². The number of hydrogen-bond donors (Lipinski definition) is 2. The van der Waals surface area contributed by atoms with Crippen molar-refractivity contribution in [3.63, 3.8) is 0 Å². The molecule has 0 aliphatic rings. The fourth-order valence-electron chi connectivity index (χ4n) is 2.54. The van der Waals surface area contributed by atoms with Crippen LogP contribution >= 0.6 is 0 Å². The van der Waals surface area contributed by atoms with Crippen LogP contribution in [0.2, 0.25) is 0 Å². The summed E-state index contributed by atoms with van der Waals surface area (Å²) in [5, 5.41) is 2.95. The van der Waals surface area contributed by atoms with Crippen LogP contribution in [0.3, 0.4) is 0 Å².